The van der Waals surface area contributed by atoms with Gasteiger partial charge in [-0.15, -0.1) is 0 Å². The van der Waals surface area contributed by atoms with Gasteiger partial charge in [0.15, 0.2) is 24.1 Å². The summed E-state index contributed by atoms with van der Waals surface area (Å²) in [6.45, 7) is 5.85. The molecule has 3 aliphatic heterocycles. The van der Waals surface area contributed by atoms with E-state index in [1.165, 1.54) is 23.2 Å². The molecule has 13 nitrogen and oxygen atoms in total. The van der Waals surface area contributed by atoms with Crippen LogP contribution in [0.3, 0.4) is 0 Å². The van der Waals surface area contributed by atoms with Crippen LogP contribution in [-0.4, -0.2) is 106 Å². The first-order valence-corrected chi connectivity index (χ1v) is 15.2. The van der Waals surface area contributed by atoms with Crippen LogP contribution in [0.2, 0.25) is 0 Å². The number of ether oxygens (including phenoxy) is 2. The Hall–Kier alpha value is -5.13. The van der Waals surface area contributed by atoms with Crippen molar-refractivity contribution in [2.24, 2.45) is 0 Å². The Morgan fingerprint density at radius 2 is 1.87 bits per heavy atom. The topological polar surface area (TPSA) is 146 Å². The second-order valence-corrected chi connectivity index (χ2v) is 11.4. The van der Waals surface area contributed by atoms with Gasteiger partial charge in [0.25, 0.3) is 5.91 Å². The van der Waals surface area contributed by atoms with Crippen molar-refractivity contribution in [1.82, 2.24) is 29.7 Å². The first-order valence-electron chi connectivity index (χ1n) is 15.2. The fraction of sp³-hybridized carbons (Fsp3) is 0.375. The maximum absolute atomic E-state index is 15.1. The number of piperazine rings is 1. The SMILES string of the molecule is N#Cc1cc(-c2ncnc(Nc3ccc(N4CCN(C5COC5)CC4)cc3)n2)ccc1O[C@H]1CCN(C(=O)c2cocn2)C[C@@H]1F. The number of aromatic nitrogens is 4. The first kappa shape index (κ1) is 29.6. The van der Waals surface area contributed by atoms with E-state index in [1.54, 1.807) is 18.2 Å². The summed E-state index contributed by atoms with van der Waals surface area (Å²) in [5.74, 6) is 0.584. The number of carbonyl (C=O) groups is 1. The monoisotopic (exact) mass is 625 g/mol. The second-order valence-electron chi connectivity index (χ2n) is 11.4. The number of alkyl halides is 1. The summed E-state index contributed by atoms with van der Waals surface area (Å²) in [4.78, 5) is 35.7. The average Bonchev–Trinajstić information content (AvgIpc) is 3.61. The van der Waals surface area contributed by atoms with Crippen LogP contribution in [0, 0.1) is 11.3 Å². The van der Waals surface area contributed by atoms with E-state index >= 15 is 4.39 Å². The number of piperidine rings is 1. The predicted molar refractivity (Wildman–Crippen MR) is 164 cm³/mol. The van der Waals surface area contributed by atoms with Gasteiger partial charge in [-0.25, -0.2) is 19.3 Å². The van der Waals surface area contributed by atoms with Crippen molar-refractivity contribution in [2.75, 3.05) is 62.7 Å². The minimum Gasteiger partial charge on any atom is -0.486 e. The van der Waals surface area contributed by atoms with E-state index in [9.17, 15) is 10.1 Å². The molecule has 3 aliphatic rings. The normalized spacial score (nSPS) is 20.5. The van der Waals surface area contributed by atoms with Crippen LogP contribution in [0.25, 0.3) is 11.4 Å². The molecule has 0 aliphatic carbocycles. The number of rotatable bonds is 8. The van der Waals surface area contributed by atoms with Gasteiger partial charge >= 0.3 is 0 Å². The number of nitrogens with zero attached hydrogens (tertiary/aromatic N) is 8. The summed E-state index contributed by atoms with van der Waals surface area (Å²) in [6.07, 6.45) is 1.80. The van der Waals surface area contributed by atoms with Crippen molar-refractivity contribution in [2.45, 2.75) is 24.7 Å². The Labute approximate surface area is 264 Å². The van der Waals surface area contributed by atoms with Crippen LogP contribution in [0.4, 0.5) is 21.7 Å². The molecular formula is C32H32FN9O4. The number of nitriles is 1. The van der Waals surface area contributed by atoms with E-state index in [1.807, 2.05) is 12.1 Å². The number of carbonyl (C=O) groups excluding carboxylic acids is 1. The highest BCUT2D eigenvalue weighted by molar-refractivity contribution is 5.92. The maximum Gasteiger partial charge on any atom is 0.275 e. The summed E-state index contributed by atoms with van der Waals surface area (Å²) in [5, 5.41) is 13.1. The molecule has 0 unspecified atom stereocenters. The Balaban J connectivity index is 0.968. The number of oxazole rings is 1. The molecule has 0 saturated carbocycles. The molecule has 0 bridgehead atoms. The molecule has 3 saturated heterocycles. The molecule has 46 heavy (non-hydrogen) atoms. The molecule has 0 spiro atoms. The molecule has 236 valence electrons. The molecular weight excluding hydrogens is 593 g/mol. The van der Waals surface area contributed by atoms with Gasteiger partial charge in [-0.3, -0.25) is 9.69 Å². The van der Waals surface area contributed by atoms with E-state index in [4.69, 9.17) is 13.9 Å². The standard InChI is InChI=1S/C32H32FN9O4/c33-26-15-42(31(43)27-18-45-20-37-27)8-7-29(26)46-28-6-1-21(13-22(28)14-34)30-35-19-36-32(39-30)38-23-2-4-24(5-3-23)40-9-11-41(12-10-40)25-16-44-17-25/h1-6,13,18-20,25-26,29H,7-12,15-17H2,(H,35,36,38,39)/t26-,29-/m0/s1. The van der Waals surface area contributed by atoms with Gasteiger partial charge in [-0.1, -0.05) is 0 Å². The minimum atomic E-state index is -1.44. The number of hydrogen-bond donors (Lipinski definition) is 1. The molecule has 2 aromatic carbocycles. The molecule has 3 fully saturated rings. The number of likely N-dealkylation sites (tertiary alicyclic amines) is 1. The maximum atomic E-state index is 15.1. The summed E-state index contributed by atoms with van der Waals surface area (Å²) in [7, 11) is 0. The third-order valence-corrected chi connectivity index (χ3v) is 8.57. The molecule has 2 atom stereocenters. The van der Waals surface area contributed by atoms with Gasteiger partial charge in [0.2, 0.25) is 5.95 Å². The van der Waals surface area contributed by atoms with Crippen molar-refractivity contribution >= 4 is 23.2 Å². The summed E-state index contributed by atoms with van der Waals surface area (Å²) in [5.41, 5.74) is 2.94. The summed E-state index contributed by atoms with van der Waals surface area (Å²) >= 11 is 0. The van der Waals surface area contributed by atoms with E-state index in [0.29, 0.717) is 23.4 Å². The lowest BCUT2D eigenvalue weighted by Gasteiger charge is -2.43. The largest absolute Gasteiger partial charge is 0.486 e. The van der Waals surface area contributed by atoms with Crippen LogP contribution >= 0.6 is 0 Å². The molecule has 1 N–H and O–H groups in total. The molecule has 7 rings (SSSR count). The fourth-order valence-electron chi connectivity index (χ4n) is 5.86. The van der Waals surface area contributed by atoms with Gasteiger partial charge in [0.05, 0.1) is 31.4 Å². The Morgan fingerprint density at radius 3 is 2.57 bits per heavy atom. The average molecular weight is 626 g/mol. The third-order valence-electron chi connectivity index (χ3n) is 8.57. The number of hydrogen-bond acceptors (Lipinski definition) is 12. The summed E-state index contributed by atoms with van der Waals surface area (Å²) < 4.78 is 31.2. The fourth-order valence-corrected chi connectivity index (χ4v) is 5.86. The van der Waals surface area contributed by atoms with Gasteiger partial charge in [-0.05, 0) is 42.5 Å². The van der Waals surface area contributed by atoms with Crippen LogP contribution < -0.4 is 15.0 Å². The highest BCUT2D eigenvalue weighted by Gasteiger charge is 2.34. The third kappa shape index (κ3) is 6.33. The molecule has 14 heteroatoms. The van der Waals surface area contributed by atoms with Crippen LogP contribution in [0.15, 0.2) is 65.9 Å². The van der Waals surface area contributed by atoms with Crippen molar-refractivity contribution < 1.29 is 23.1 Å². The minimum absolute atomic E-state index is 0.128. The quantitative estimate of drug-likeness (QED) is 0.307. The Kier molecular flexibility index (Phi) is 8.41. The molecule has 5 heterocycles. The lowest BCUT2D eigenvalue weighted by Crippen LogP contribution is -2.56. The number of benzene rings is 2. The van der Waals surface area contributed by atoms with Crippen LogP contribution in [0.1, 0.15) is 22.5 Å². The van der Waals surface area contributed by atoms with Crippen molar-refractivity contribution in [3.8, 4) is 23.2 Å². The van der Waals surface area contributed by atoms with E-state index in [2.05, 4.69) is 53.3 Å². The lowest BCUT2D eigenvalue weighted by atomic mass is 10.0. The molecule has 4 aromatic rings. The predicted octanol–water partition coefficient (Wildman–Crippen LogP) is 3.29. The summed E-state index contributed by atoms with van der Waals surface area (Å²) in [6, 6.07) is 15.8. The molecule has 0 radical (unpaired) electrons. The van der Waals surface area contributed by atoms with E-state index in [-0.39, 0.29) is 36.5 Å². The zero-order chi connectivity index (χ0) is 31.5. The van der Waals surface area contributed by atoms with Gasteiger partial charge in [-0.2, -0.15) is 10.2 Å². The van der Waals surface area contributed by atoms with Gasteiger partial charge in [0.1, 0.15) is 30.5 Å². The molecule has 1 amide bonds. The number of nitrogens with one attached hydrogen (secondary N) is 1. The highest BCUT2D eigenvalue weighted by atomic mass is 19.1. The zero-order valence-corrected chi connectivity index (χ0v) is 25.0. The van der Waals surface area contributed by atoms with Gasteiger partial charge in [0, 0.05) is 56.1 Å². The Bertz CT molecular complexity index is 1700. The zero-order valence-electron chi connectivity index (χ0n) is 25.0. The Morgan fingerprint density at radius 1 is 1.04 bits per heavy atom. The number of anilines is 3. The van der Waals surface area contributed by atoms with Crippen molar-refractivity contribution in [3.63, 3.8) is 0 Å². The molecule has 2 aromatic heterocycles. The van der Waals surface area contributed by atoms with Gasteiger partial charge < -0.3 is 29.0 Å². The van der Waals surface area contributed by atoms with E-state index < -0.39 is 18.2 Å². The van der Waals surface area contributed by atoms with Crippen LogP contribution in [-0.2, 0) is 4.74 Å². The van der Waals surface area contributed by atoms with E-state index in [0.717, 1.165) is 51.5 Å². The lowest BCUT2D eigenvalue weighted by molar-refractivity contribution is -0.0660. The number of amides is 1. The second kappa shape index (κ2) is 13.1. The number of halogens is 1. The highest BCUT2D eigenvalue weighted by Crippen LogP contribution is 2.29. The van der Waals surface area contributed by atoms with Crippen molar-refractivity contribution in [1.29, 1.82) is 5.26 Å². The van der Waals surface area contributed by atoms with Crippen molar-refractivity contribution in [3.05, 3.63) is 72.7 Å². The first-order chi connectivity index (χ1) is 22.5. The van der Waals surface area contributed by atoms with Crippen LogP contribution in [0.5, 0.6) is 5.75 Å². The smallest absolute Gasteiger partial charge is 0.275 e.